The van der Waals surface area contributed by atoms with Crippen molar-refractivity contribution in [1.29, 1.82) is 0 Å². The third kappa shape index (κ3) is 2.70. The molecule has 1 saturated heterocycles. The second kappa shape index (κ2) is 5.78. The highest BCUT2D eigenvalue weighted by Gasteiger charge is 2.39. The fraction of sp³-hybridized carbons (Fsp3) is 0.588. The predicted molar refractivity (Wildman–Crippen MR) is 83.5 cm³/mol. The summed E-state index contributed by atoms with van der Waals surface area (Å²) >= 11 is 0. The highest BCUT2D eigenvalue weighted by atomic mass is 16.3. The molecule has 0 radical (unpaired) electrons. The maximum Gasteiger partial charge on any atom is 0.251 e. The summed E-state index contributed by atoms with van der Waals surface area (Å²) in [5, 5.41) is 9.79. The average molecular weight is 288 g/mol. The standard InChI is InChI=1S/C17H24N2O2/c1-12(2)6-7-18-9-13-8-14(10-18)16(11-20)19-15(13)4-3-5-17(19)21/h3-6,13-14,16,20H,7-11H2,1-2H3/t13-,14+,16+/m1/s1. The van der Waals surface area contributed by atoms with E-state index in [-0.39, 0.29) is 18.2 Å². The lowest BCUT2D eigenvalue weighted by molar-refractivity contribution is 0.0675. The fourth-order valence-corrected chi connectivity index (χ4v) is 3.83. The van der Waals surface area contributed by atoms with Gasteiger partial charge < -0.3 is 9.67 Å². The lowest BCUT2D eigenvalue weighted by Crippen LogP contribution is -2.50. The molecule has 2 aliphatic heterocycles. The van der Waals surface area contributed by atoms with Crippen molar-refractivity contribution in [1.82, 2.24) is 9.47 Å². The van der Waals surface area contributed by atoms with Crippen LogP contribution in [0.2, 0.25) is 0 Å². The number of aliphatic hydroxyl groups is 1. The maximum atomic E-state index is 12.2. The number of piperidine rings is 1. The van der Waals surface area contributed by atoms with Gasteiger partial charge in [0.15, 0.2) is 0 Å². The number of aliphatic hydroxyl groups excluding tert-OH is 1. The van der Waals surface area contributed by atoms with E-state index in [0.717, 1.165) is 31.7 Å². The molecule has 0 amide bonds. The molecule has 114 valence electrons. The van der Waals surface area contributed by atoms with Crippen molar-refractivity contribution < 1.29 is 5.11 Å². The van der Waals surface area contributed by atoms with E-state index < -0.39 is 0 Å². The van der Waals surface area contributed by atoms with Crippen LogP contribution in [0.4, 0.5) is 0 Å². The van der Waals surface area contributed by atoms with Crippen molar-refractivity contribution in [2.75, 3.05) is 26.2 Å². The number of likely N-dealkylation sites (tertiary alicyclic amines) is 1. The summed E-state index contributed by atoms with van der Waals surface area (Å²) in [4.78, 5) is 14.6. The molecule has 0 unspecified atom stereocenters. The molecular weight excluding hydrogens is 264 g/mol. The van der Waals surface area contributed by atoms with Crippen molar-refractivity contribution in [3.05, 3.63) is 45.9 Å². The summed E-state index contributed by atoms with van der Waals surface area (Å²) < 4.78 is 1.84. The Morgan fingerprint density at radius 1 is 1.38 bits per heavy atom. The van der Waals surface area contributed by atoms with E-state index in [9.17, 15) is 9.90 Å². The van der Waals surface area contributed by atoms with Gasteiger partial charge in [0.25, 0.3) is 5.56 Å². The molecule has 0 spiro atoms. The minimum Gasteiger partial charge on any atom is -0.394 e. The van der Waals surface area contributed by atoms with Crippen LogP contribution >= 0.6 is 0 Å². The monoisotopic (exact) mass is 288 g/mol. The number of hydrogen-bond acceptors (Lipinski definition) is 3. The van der Waals surface area contributed by atoms with E-state index in [1.54, 1.807) is 6.07 Å². The summed E-state index contributed by atoms with van der Waals surface area (Å²) in [6.45, 7) is 7.22. The second-order valence-electron chi connectivity index (χ2n) is 6.60. The molecular formula is C17H24N2O2. The lowest BCUT2D eigenvalue weighted by Gasteiger charge is -2.46. The number of aromatic nitrogens is 1. The van der Waals surface area contributed by atoms with E-state index >= 15 is 0 Å². The second-order valence-corrected chi connectivity index (χ2v) is 6.60. The number of fused-ring (bicyclic) bond motifs is 4. The Hall–Kier alpha value is -1.39. The van der Waals surface area contributed by atoms with Crippen LogP contribution in [0.5, 0.6) is 0 Å². The summed E-state index contributed by atoms with van der Waals surface area (Å²) in [5.74, 6) is 0.776. The Kier molecular flexibility index (Phi) is 4.00. The van der Waals surface area contributed by atoms with E-state index in [0.29, 0.717) is 11.8 Å². The molecule has 3 rings (SSSR count). The van der Waals surface area contributed by atoms with Crippen molar-refractivity contribution in [2.24, 2.45) is 5.92 Å². The predicted octanol–water partition coefficient (Wildman–Crippen LogP) is 1.77. The van der Waals surface area contributed by atoms with Crippen molar-refractivity contribution in [3.8, 4) is 0 Å². The van der Waals surface area contributed by atoms with Gasteiger partial charge in [-0.05, 0) is 32.3 Å². The molecule has 1 N–H and O–H groups in total. The first-order valence-electron chi connectivity index (χ1n) is 7.78. The van der Waals surface area contributed by atoms with Gasteiger partial charge in [-0.1, -0.05) is 17.7 Å². The first-order chi connectivity index (χ1) is 10.1. The molecule has 2 aliphatic rings. The number of nitrogens with zero attached hydrogens (tertiary/aromatic N) is 2. The van der Waals surface area contributed by atoms with Crippen LogP contribution in [0.3, 0.4) is 0 Å². The van der Waals surface area contributed by atoms with Gasteiger partial charge in [0.1, 0.15) is 0 Å². The lowest BCUT2D eigenvalue weighted by atomic mass is 9.78. The van der Waals surface area contributed by atoms with Gasteiger partial charge in [0.05, 0.1) is 12.6 Å². The highest BCUT2D eigenvalue weighted by Crippen LogP contribution is 2.40. The molecule has 1 aromatic heterocycles. The number of rotatable bonds is 3. The van der Waals surface area contributed by atoms with Gasteiger partial charge in [0.2, 0.25) is 0 Å². The van der Waals surface area contributed by atoms with Crippen molar-refractivity contribution in [3.63, 3.8) is 0 Å². The van der Waals surface area contributed by atoms with Gasteiger partial charge in [0, 0.05) is 37.3 Å². The molecule has 4 heteroatoms. The number of pyridine rings is 1. The minimum absolute atomic E-state index is 0.0269. The van der Waals surface area contributed by atoms with Gasteiger partial charge in [-0.15, -0.1) is 0 Å². The molecule has 3 atom stereocenters. The Bertz CT molecular complexity index is 601. The van der Waals surface area contributed by atoms with Crippen LogP contribution in [0, 0.1) is 5.92 Å². The SMILES string of the molecule is CC(C)=CCN1C[C@H]2C[C@@H](C1)[C@H](CO)n1c2cccc1=O. The zero-order chi connectivity index (χ0) is 15.0. The van der Waals surface area contributed by atoms with Gasteiger partial charge in [-0.2, -0.15) is 0 Å². The van der Waals surface area contributed by atoms with Crippen LogP contribution in [0.15, 0.2) is 34.6 Å². The Morgan fingerprint density at radius 2 is 2.19 bits per heavy atom. The van der Waals surface area contributed by atoms with Gasteiger partial charge in [-0.3, -0.25) is 9.69 Å². The molecule has 2 bridgehead atoms. The minimum atomic E-state index is -0.0700. The van der Waals surface area contributed by atoms with Crippen LogP contribution in [0.1, 0.15) is 37.9 Å². The maximum absolute atomic E-state index is 12.2. The van der Waals surface area contributed by atoms with E-state index in [2.05, 4.69) is 30.9 Å². The first kappa shape index (κ1) is 14.5. The quantitative estimate of drug-likeness (QED) is 0.862. The summed E-state index contributed by atoms with van der Waals surface area (Å²) in [6.07, 6.45) is 3.34. The summed E-state index contributed by atoms with van der Waals surface area (Å²) in [6, 6.07) is 5.43. The zero-order valence-electron chi connectivity index (χ0n) is 12.8. The average Bonchev–Trinajstić information content (AvgIpc) is 2.46. The first-order valence-corrected chi connectivity index (χ1v) is 7.78. The molecule has 21 heavy (non-hydrogen) atoms. The third-order valence-corrected chi connectivity index (χ3v) is 4.82. The largest absolute Gasteiger partial charge is 0.394 e. The molecule has 0 aliphatic carbocycles. The van der Waals surface area contributed by atoms with E-state index in [1.807, 2.05) is 10.6 Å². The molecule has 4 nitrogen and oxygen atoms in total. The normalized spacial score (nSPS) is 28.0. The molecule has 3 heterocycles. The van der Waals surface area contributed by atoms with E-state index in [4.69, 9.17) is 0 Å². The molecule has 1 aromatic rings. The van der Waals surface area contributed by atoms with Crippen LogP contribution in [-0.4, -0.2) is 40.8 Å². The zero-order valence-corrected chi connectivity index (χ0v) is 12.8. The Labute approximate surface area is 125 Å². The molecule has 0 saturated carbocycles. The summed E-state index contributed by atoms with van der Waals surface area (Å²) in [5.41, 5.74) is 2.46. The van der Waals surface area contributed by atoms with Crippen molar-refractivity contribution >= 4 is 0 Å². The fourth-order valence-electron chi connectivity index (χ4n) is 3.83. The van der Waals surface area contributed by atoms with Crippen LogP contribution in [-0.2, 0) is 0 Å². The summed E-state index contributed by atoms with van der Waals surface area (Å²) in [7, 11) is 0. The van der Waals surface area contributed by atoms with Crippen LogP contribution in [0.25, 0.3) is 0 Å². The third-order valence-electron chi connectivity index (χ3n) is 4.82. The van der Waals surface area contributed by atoms with E-state index in [1.165, 1.54) is 5.57 Å². The topological polar surface area (TPSA) is 45.5 Å². The molecule has 0 aromatic carbocycles. The Morgan fingerprint density at radius 3 is 2.90 bits per heavy atom. The Balaban J connectivity index is 1.93. The highest BCUT2D eigenvalue weighted by molar-refractivity contribution is 5.19. The number of allylic oxidation sites excluding steroid dienone is 1. The van der Waals surface area contributed by atoms with Crippen molar-refractivity contribution in [2.45, 2.75) is 32.2 Å². The smallest absolute Gasteiger partial charge is 0.251 e. The molecule has 1 fully saturated rings. The van der Waals surface area contributed by atoms with Crippen LogP contribution < -0.4 is 5.56 Å². The van der Waals surface area contributed by atoms with Gasteiger partial charge >= 0.3 is 0 Å². The van der Waals surface area contributed by atoms with Gasteiger partial charge in [-0.25, -0.2) is 0 Å². The number of hydrogen-bond donors (Lipinski definition) is 1.